The summed E-state index contributed by atoms with van der Waals surface area (Å²) in [5, 5.41) is 16.6. The molecule has 1 rings (SSSR count). The van der Waals surface area contributed by atoms with E-state index in [2.05, 4.69) is 5.32 Å². The fourth-order valence-electron chi connectivity index (χ4n) is 1.80. The van der Waals surface area contributed by atoms with Crippen molar-refractivity contribution in [3.05, 3.63) is 29.8 Å². The molecule has 7 heteroatoms. The number of hydrogen-bond donors (Lipinski definition) is 2. The van der Waals surface area contributed by atoms with E-state index in [-0.39, 0.29) is 16.7 Å². The number of benzene rings is 1. The minimum atomic E-state index is -3.68. The average molecular weight is 309 g/mol. The molecule has 0 saturated heterocycles. The molecule has 1 atom stereocenters. The Labute approximate surface area is 125 Å². The number of rotatable bonds is 6. The summed E-state index contributed by atoms with van der Waals surface area (Å²) < 4.78 is 22.2. The summed E-state index contributed by atoms with van der Waals surface area (Å²) in [4.78, 5) is 11.8. The summed E-state index contributed by atoms with van der Waals surface area (Å²) in [5.74, 6) is -0.979. The lowest BCUT2D eigenvalue weighted by atomic mass is 9.96. The van der Waals surface area contributed by atoms with Gasteiger partial charge >= 0.3 is 0 Å². The Hall–Kier alpha value is -1.91. The Bertz CT molecular complexity index is 630. The monoisotopic (exact) mass is 309 g/mol. The molecule has 21 heavy (non-hydrogen) atoms. The highest BCUT2D eigenvalue weighted by molar-refractivity contribution is 7.89. The third-order valence-corrected chi connectivity index (χ3v) is 3.98. The number of amides is 1. The molecule has 6 nitrogen and oxygen atoms in total. The van der Waals surface area contributed by atoms with Crippen LogP contribution in [-0.2, 0) is 21.2 Å². The van der Waals surface area contributed by atoms with Crippen molar-refractivity contribution in [2.45, 2.75) is 25.2 Å². The number of sulfonamides is 1. The Balaban J connectivity index is 2.54. The van der Waals surface area contributed by atoms with Crippen molar-refractivity contribution in [3.8, 4) is 6.07 Å². The van der Waals surface area contributed by atoms with Gasteiger partial charge < -0.3 is 5.32 Å². The molecule has 114 valence electrons. The van der Waals surface area contributed by atoms with Gasteiger partial charge in [-0.3, -0.25) is 4.79 Å². The molecular formula is C14H19N3O3S. The second-order valence-corrected chi connectivity index (χ2v) is 6.64. The SMILES string of the molecule is CC(C)C(C#N)C(=O)NCCc1ccc(S(N)(=O)=O)cc1. The minimum Gasteiger partial charge on any atom is -0.355 e. The molecule has 0 fully saturated rings. The van der Waals surface area contributed by atoms with Crippen LogP contribution < -0.4 is 10.5 Å². The molecule has 1 aromatic carbocycles. The third kappa shape index (κ3) is 5.17. The number of carbonyl (C=O) groups excluding carboxylic acids is 1. The molecule has 1 aromatic rings. The van der Waals surface area contributed by atoms with E-state index in [4.69, 9.17) is 10.4 Å². The summed E-state index contributed by atoms with van der Waals surface area (Å²) in [5.41, 5.74) is 0.876. The van der Waals surface area contributed by atoms with Crippen molar-refractivity contribution in [3.63, 3.8) is 0 Å². The Morgan fingerprint density at radius 3 is 2.33 bits per heavy atom. The van der Waals surface area contributed by atoms with Gasteiger partial charge in [-0.05, 0) is 30.0 Å². The lowest BCUT2D eigenvalue weighted by Gasteiger charge is -2.13. The predicted octanol–water partition coefficient (Wildman–Crippen LogP) is 0.788. The van der Waals surface area contributed by atoms with Gasteiger partial charge in [0.05, 0.1) is 11.0 Å². The van der Waals surface area contributed by atoms with E-state index >= 15 is 0 Å². The Morgan fingerprint density at radius 1 is 1.33 bits per heavy atom. The van der Waals surface area contributed by atoms with E-state index < -0.39 is 15.9 Å². The van der Waals surface area contributed by atoms with Crippen LogP contribution >= 0.6 is 0 Å². The first-order chi connectivity index (χ1) is 9.75. The van der Waals surface area contributed by atoms with E-state index in [1.165, 1.54) is 12.1 Å². The van der Waals surface area contributed by atoms with Gasteiger partial charge in [-0.15, -0.1) is 0 Å². The standard InChI is InChI=1S/C14H19N3O3S/c1-10(2)13(9-15)14(18)17-8-7-11-3-5-12(6-4-11)21(16,19)20/h3-6,10,13H,7-8H2,1-2H3,(H,17,18)(H2,16,19,20). The highest BCUT2D eigenvalue weighted by Crippen LogP contribution is 2.10. The Morgan fingerprint density at radius 2 is 1.90 bits per heavy atom. The fourth-order valence-corrected chi connectivity index (χ4v) is 2.31. The lowest BCUT2D eigenvalue weighted by Crippen LogP contribution is -2.34. The number of nitrogens with two attached hydrogens (primary N) is 1. The second kappa shape index (κ2) is 7.20. The van der Waals surface area contributed by atoms with Gasteiger partial charge in [-0.2, -0.15) is 5.26 Å². The van der Waals surface area contributed by atoms with Crippen LogP contribution in [0.4, 0.5) is 0 Å². The van der Waals surface area contributed by atoms with E-state index in [0.717, 1.165) is 5.56 Å². The first kappa shape index (κ1) is 17.1. The first-order valence-corrected chi connectivity index (χ1v) is 8.09. The van der Waals surface area contributed by atoms with Gasteiger partial charge in [-0.25, -0.2) is 13.6 Å². The molecule has 0 spiro atoms. The van der Waals surface area contributed by atoms with Crippen LogP contribution in [0.5, 0.6) is 0 Å². The normalized spacial score (nSPS) is 12.7. The molecule has 0 radical (unpaired) electrons. The van der Waals surface area contributed by atoms with Crippen LogP contribution in [0.25, 0.3) is 0 Å². The van der Waals surface area contributed by atoms with Crippen LogP contribution in [0, 0.1) is 23.2 Å². The summed E-state index contributed by atoms with van der Waals surface area (Å²) in [6.45, 7) is 4.03. The summed E-state index contributed by atoms with van der Waals surface area (Å²) in [6, 6.07) is 8.14. The van der Waals surface area contributed by atoms with Crippen molar-refractivity contribution in [1.29, 1.82) is 5.26 Å². The molecule has 0 aliphatic heterocycles. The van der Waals surface area contributed by atoms with Crippen LogP contribution in [0.2, 0.25) is 0 Å². The van der Waals surface area contributed by atoms with Gasteiger partial charge in [0.1, 0.15) is 5.92 Å². The van der Waals surface area contributed by atoms with Crippen LogP contribution in [0.15, 0.2) is 29.2 Å². The summed E-state index contributed by atoms with van der Waals surface area (Å²) in [7, 11) is -3.68. The maximum absolute atomic E-state index is 11.8. The average Bonchev–Trinajstić information content (AvgIpc) is 2.38. The van der Waals surface area contributed by atoms with Crippen LogP contribution in [0.3, 0.4) is 0 Å². The van der Waals surface area contributed by atoms with Gasteiger partial charge in [-0.1, -0.05) is 26.0 Å². The molecule has 0 heterocycles. The van der Waals surface area contributed by atoms with Crippen LogP contribution in [-0.4, -0.2) is 20.9 Å². The van der Waals surface area contributed by atoms with E-state index in [1.54, 1.807) is 12.1 Å². The van der Waals surface area contributed by atoms with Gasteiger partial charge in [0.2, 0.25) is 15.9 Å². The zero-order chi connectivity index (χ0) is 16.0. The molecule has 0 aliphatic carbocycles. The lowest BCUT2D eigenvalue weighted by molar-refractivity contribution is -0.124. The highest BCUT2D eigenvalue weighted by Gasteiger charge is 2.20. The number of carbonyl (C=O) groups is 1. The maximum Gasteiger partial charge on any atom is 0.238 e. The quantitative estimate of drug-likeness (QED) is 0.808. The van der Waals surface area contributed by atoms with E-state index in [0.29, 0.717) is 13.0 Å². The first-order valence-electron chi connectivity index (χ1n) is 6.54. The zero-order valence-electron chi connectivity index (χ0n) is 12.0. The molecule has 1 unspecified atom stereocenters. The van der Waals surface area contributed by atoms with E-state index in [9.17, 15) is 13.2 Å². The zero-order valence-corrected chi connectivity index (χ0v) is 12.9. The second-order valence-electron chi connectivity index (χ2n) is 5.08. The molecule has 0 aliphatic rings. The molecule has 0 aromatic heterocycles. The van der Waals surface area contributed by atoms with Crippen molar-refractivity contribution < 1.29 is 13.2 Å². The van der Waals surface area contributed by atoms with Crippen molar-refractivity contribution in [1.82, 2.24) is 5.32 Å². The maximum atomic E-state index is 11.8. The topological polar surface area (TPSA) is 113 Å². The number of hydrogen-bond acceptors (Lipinski definition) is 4. The minimum absolute atomic E-state index is 0.0379. The van der Waals surface area contributed by atoms with E-state index in [1.807, 2.05) is 19.9 Å². The summed E-state index contributed by atoms with van der Waals surface area (Å²) >= 11 is 0. The largest absolute Gasteiger partial charge is 0.355 e. The smallest absolute Gasteiger partial charge is 0.238 e. The molecule has 3 N–H and O–H groups in total. The number of nitrogens with one attached hydrogen (secondary N) is 1. The number of nitrogens with zero attached hydrogens (tertiary/aromatic N) is 1. The molecule has 0 saturated carbocycles. The number of primary sulfonamides is 1. The van der Waals surface area contributed by atoms with Gasteiger partial charge in [0.25, 0.3) is 0 Å². The van der Waals surface area contributed by atoms with Crippen molar-refractivity contribution in [2.24, 2.45) is 17.0 Å². The summed E-state index contributed by atoms with van der Waals surface area (Å²) in [6.07, 6.45) is 0.548. The van der Waals surface area contributed by atoms with Crippen LogP contribution in [0.1, 0.15) is 19.4 Å². The molecular weight excluding hydrogens is 290 g/mol. The van der Waals surface area contributed by atoms with Gasteiger partial charge in [0.15, 0.2) is 0 Å². The van der Waals surface area contributed by atoms with Crippen molar-refractivity contribution >= 4 is 15.9 Å². The molecule has 0 bridgehead atoms. The highest BCUT2D eigenvalue weighted by atomic mass is 32.2. The Kier molecular flexibility index (Phi) is 5.88. The van der Waals surface area contributed by atoms with Gasteiger partial charge in [0, 0.05) is 6.54 Å². The number of nitriles is 1. The predicted molar refractivity (Wildman–Crippen MR) is 78.5 cm³/mol. The molecule has 1 amide bonds. The third-order valence-electron chi connectivity index (χ3n) is 3.05. The van der Waals surface area contributed by atoms with Crippen molar-refractivity contribution in [2.75, 3.05) is 6.54 Å². The fraction of sp³-hybridized carbons (Fsp3) is 0.429.